The van der Waals surface area contributed by atoms with E-state index in [1.165, 1.54) is 0 Å². The van der Waals surface area contributed by atoms with Gasteiger partial charge in [-0.25, -0.2) is 9.78 Å². The Balaban J connectivity index is 1.39. The third kappa shape index (κ3) is 4.65. The summed E-state index contributed by atoms with van der Waals surface area (Å²) in [6, 6.07) is 11.1. The minimum absolute atomic E-state index is 0.0771. The normalized spacial score (nSPS) is 20.2. The molecule has 3 heterocycles. The van der Waals surface area contributed by atoms with E-state index in [-0.39, 0.29) is 24.3 Å². The van der Waals surface area contributed by atoms with Crippen LogP contribution in [0.25, 0.3) is 10.9 Å². The third-order valence-corrected chi connectivity index (χ3v) is 5.02. The first-order valence-corrected chi connectivity index (χ1v) is 9.83. The fourth-order valence-corrected chi connectivity index (χ4v) is 3.44. The first kappa shape index (κ1) is 19.2. The van der Waals surface area contributed by atoms with Gasteiger partial charge >= 0.3 is 6.03 Å². The summed E-state index contributed by atoms with van der Waals surface area (Å²) in [7, 11) is 0. The highest BCUT2D eigenvalue weighted by Crippen LogP contribution is 2.27. The Kier molecular flexibility index (Phi) is 5.62. The lowest BCUT2D eigenvalue weighted by Gasteiger charge is -2.27. The molecule has 1 aromatic carbocycles. The Morgan fingerprint density at radius 2 is 2.17 bits per heavy atom. The van der Waals surface area contributed by atoms with Gasteiger partial charge in [0.1, 0.15) is 11.9 Å². The van der Waals surface area contributed by atoms with Gasteiger partial charge in [-0.3, -0.25) is 10.4 Å². The van der Waals surface area contributed by atoms with Gasteiger partial charge in [-0.2, -0.15) is 0 Å². The number of aromatic nitrogens is 3. The lowest BCUT2D eigenvalue weighted by Crippen LogP contribution is -2.31. The average Bonchev–Trinajstić information content (AvgIpc) is 3.10. The smallest absolute Gasteiger partial charge is 0.320 e. The highest BCUT2D eigenvalue weighted by Gasteiger charge is 2.22. The Bertz CT molecular complexity index is 975. The van der Waals surface area contributed by atoms with Crippen molar-refractivity contribution in [2.45, 2.75) is 44.9 Å². The largest absolute Gasteiger partial charge is 0.473 e. The number of urea groups is 1. The second kappa shape index (κ2) is 8.48. The molecule has 1 fully saturated rings. The predicted octanol–water partition coefficient (Wildman–Crippen LogP) is 3.79. The maximum atomic E-state index is 12.3. The van der Waals surface area contributed by atoms with Gasteiger partial charge in [-0.1, -0.05) is 30.3 Å². The number of hydrogen-bond donors (Lipinski definition) is 3. The van der Waals surface area contributed by atoms with E-state index in [0.717, 1.165) is 29.3 Å². The van der Waals surface area contributed by atoms with E-state index in [1.54, 1.807) is 12.3 Å². The molecule has 0 radical (unpaired) electrons. The molecule has 8 nitrogen and oxygen atoms in total. The summed E-state index contributed by atoms with van der Waals surface area (Å²) in [6.07, 6.45) is 3.60. The highest BCUT2D eigenvalue weighted by atomic mass is 16.5. The molecule has 0 saturated carbocycles. The van der Waals surface area contributed by atoms with Crippen molar-refractivity contribution in [1.29, 1.82) is 0 Å². The van der Waals surface area contributed by atoms with E-state index in [4.69, 9.17) is 9.47 Å². The minimum atomic E-state index is -0.319. The Labute approximate surface area is 169 Å². The molecule has 4 rings (SSSR count). The lowest BCUT2D eigenvalue weighted by molar-refractivity contribution is -0.0260. The molecule has 3 atom stereocenters. The zero-order valence-electron chi connectivity index (χ0n) is 16.5. The van der Waals surface area contributed by atoms with Crippen molar-refractivity contribution in [1.82, 2.24) is 20.5 Å². The number of anilines is 1. The van der Waals surface area contributed by atoms with Crippen LogP contribution in [0.4, 0.5) is 10.6 Å². The van der Waals surface area contributed by atoms with E-state index in [1.807, 2.05) is 44.2 Å². The first-order valence-electron chi connectivity index (χ1n) is 9.83. The summed E-state index contributed by atoms with van der Waals surface area (Å²) in [5, 5.41) is 13.7. The number of carbonyl (C=O) groups is 1. The van der Waals surface area contributed by atoms with Crippen molar-refractivity contribution in [3.63, 3.8) is 0 Å². The lowest BCUT2D eigenvalue weighted by atomic mass is 10.1. The van der Waals surface area contributed by atoms with Gasteiger partial charge in [0.25, 0.3) is 0 Å². The standard InChI is InChI=1S/C21H25N5O3/c1-13-10-16(8-9-28-13)29-20-17-12-22-19(11-18(17)25-26-20)24-21(27)23-14(2)15-6-4-3-5-7-15/h3-7,11-14,16H,8-10H2,1-2H3,(H,25,26)(H2,22,23,24,27)/t13-,14+,16-/m0/s1. The van der Waals surface area contributed by atoms with Crippen LogP contribution in [0.5, 0.6) is 5.88 Å². The SMILES string of the molecule is C[C@H]1C[C@@H](Oc2n[nH]c3cc(NC(=O)N[C@H](C)c4ccccc4)ncc23)CCO1. The quantitative estimate of drug-likeness (QED) is 0.610. The van der Waals surface area contributed by atoms with E-state index in [9.17, 15) is 4.79 Å². The molecule has 3 N–H and O–H groups in total. The van der Waals surface area contributed by atoms with Crippen molar-refractivity contribution in [2.24, 2.45) is 0 Å². The molecule has 2 aromatic heterocycles. The molecule has 1 saturated heterocycles. The van der Waals surface area contributed by atoms with Crippen LogP contribution in [0, 0.1) is 0 Å². The number of hydrogen-bond acceptors (Lipinski definition) is 5. The molecule has 3 aromatic rings. The van der Waals surface area contributed by atoms with Gasteiger partial charge < -0.3 is 14.8 Å². The number of ether oxygens (including phenoxy) is 2. The summed E-state index contributed by atoms with van der Waals surface area (Å²) in [5.41, 5.74) is 1.78. The van der Waals surface area contributed by atoms with Crippen LogP contribution in [-0.4, -0.2) is 40.0 Å². The molecule has 0 unspecified atom stereocenters. The van der Waals surface area contributed by atoms with Crippen molar-refractivity contribution in [3.8, 4) is 5.88 Å². The second-order valence-corrected chi connectivity index (χ2v) is 7.32. The van der Waals surface area contributed by atoms with Crippen LogP contribution in [-0.2, 0) is 4.74 Å². The van der Waals surface area contributed by atoms with Gasteiger partial charge in [-0.15, -0.1) is 5.10 Å². The summed E-state index contributed by atoms with van der Waals surface area (Å²) in [5.74, 6) is 0.963. The van der Waals surface area contributed by atoms with Crippen LogP contribution in [0.2, 0.25) is 0 Å². The van der Waals surface area contributed by atoms with Crippen LogP contribution in [0.3, 0.4) is 0 Å². The van der Waals surface area contributed by atoms with Gasteiger partial charge in [0, 0.05) is 25.1 Å². The second-order valence-electron chi connectivity index (χ2n) is 7.32. The zero-order chi connectivity index (χ0) is 20.2. The number of pyridine rings is 1. The van der Waals surface area contributed by atoms with Crippen LogP contribution in [0.1, 0.15) is 38.3 Å². The predicted molar refractivity (Wildman–Crippen MR) is 110 cm³/mol. The van der Waals surface area contributed by atoms with Gasteiger partial charge in [0.05, 0.1) is 29.7 Å². The van der Waals surface area contributed by atoms with E-state index in [2.05, 4.69) is 25.8 Å². The fraction of sp³-hybridized carbons (Fsp3) is 0.381. The van der Waals surface area contributed by atoms with E-state index >= 15 is 0 Å². The Morgan fingerprint density at radius 3 is 2.97 bits per heavy atom. The molecule has 29 heavy (non-hydrogen) atoms. The molecule has 0 bridgehead atoms. The zero-order valence-corrected chi connectivity index (χ0v) is 16.5. The number of H-pyrrole nitrogens is 1. The summed E-state index contributed by atoms with van der Waals surface area (Å²) in [6.45, 7) is 4.67. The number of nitrogens with zero attached hydrogens (tertiary/aromatic N) is 2. The molecule has 152 valence electrons. The maximum Gasteiger partial charge on any atom is 0.320 e. The van der Waals surface area contributed by atoms with E-state index < -0.39 is 0 Å². The number of fused-ring (bicyclic) bond motifs is 1. The number of carbonyl (C=O) groups excluding carboxylic acids is 1. The summed E-state index contributed by atoms with van der Waals surface area (Å²) in [4.78, 5) is 16.6. The highest BCUT2D eigenvalue weighted by molar-refractivity contribution is 5.92. The van der Waals surface area contributed by atoms with Crippen molar-refractivity contribution >= 4 is 22.8 Å². The molecule has 1 aliphatic rings. The molecule has 0 aliphatic carbocycles. The third-order valence-electron chi connectivity index (χ3n) is 5.02. The molecular weight excluding hydrogens is 370 g/mol. The van der Waals surface area contributed by atoms with Crippen molar-refractivity contribution in [2.75, 3.05) is 11.9 Å². The number of nitrogens with one attached hydrogen (secondary N) is 3. The minimum Gasteiger partial charge on any atom is -0.473 e. The summed E-state index contributed by atoms with van der Waals surface area (Å²) < 4.78 is 11.6. The fourth-order valence-electron chi connectivity index (χ4n) is 3.44. The Hall–Kier alpha value is -3.13. The molecule has 8 heteroatoms. The van der Waals surface area contributed by atoms with Crippen molar-refractivity contribution in [3.05, 3.63) is 48.2 Å². The molecular formula is C21H25N5O3. The van der Waals surface area contributed by atoms with Crippen molar-refractivity contribution < 1.29 is 14.3 Å². The van der Waals surface area contributed by atoms with Gasteiger partial charge in [-0.05, 0) is 19.4 Å². The Morgan fingerprint density at radius 1 is 1.34 bits per heavy atom. The molecule has 1 aliphatic heterocycles. The van der Waals surface area contributed by atoms with E-state index in [0.29, 0.717) is 18.3 Å². The van der Waals surface area contributed by atoms with Crippen LogP contribution >= 0.6 is 0 Å². The molecule has 0 spiro atoms. The van der Waals surface area contributed by atoms with Gasteiger partial charge in [0.2, 0.25) is 5.88 Å². The number of amides is 2. The number of benzene rings is 1. The molecule has 2 amide bonds. The number of rotatable bonds is 5. The monoisotopic (exact) mass is 395 g/mol. The summed E-state index contributed by atoms with van der Waals surface area (Å²) >= 11 is 0. The average molecular weight is 395 g/mol. The first-order chi connectivity index (χ1) is 14.1. The van der Waals surface area contributed by atoms with Gasteiger partial charge in [0.15, 0.2) is 0 Å². The number of aromatic amines is 1. The van der Waals surface area contributed by atoms with Crippen LogP contribution in [0.15, 0.2) is 42.6 Å². The topological polar surface area (TPSA) is 101 Å². The van der Waals surface area contributed by atoms with Crippen LogP contribution < -0.4 is 15.4 Å². The maximum absolute atomic E-state index is 12.3.